The van der Waals surface area contributed by atoms with Crippen molar-refractivity contribution in [2.45, 2.75) is 30.7 Å². The van der Waals surface area contributed by atoms with Gasteiger partial charge in [-0.3, -0.25) is 0 Å². The quantitative estimate of drug-likeness (QED) is 0.943. The van der Waals surface area contributed by atoms with E-state index in [9.17, 15) is 8.42 Å². The first-order valence-corrected chi connectivity index (χ1v) is 8.83. The smallest absolute Gasteiger partial charge is 0.175 e. The van der Waals surface area contributed by atoms with Crippen molar-refractivity contribution in [3.63, 3.8) is 0 Å². The number of benzene rings is 2. The van der Waals surface area contributed by atoms with Crippen LogP contribution in [0.5, 0.6) is 0 Å². The Morgan fingerprint density at radius 2 is 1.48 bits per heavy atom. The molecule has 0 saturated carbocycles. The third kappa shape index (κ3) is 3.71. The molecule has 2 rings (SSSR count). The molecular weight excluding hydrogens is 282 g/mol. The summed E-state index contributed by atoms with van der Waals surface area (Å²) in [6, 6.07) is 14.7. The topological polar surface area (TPSA) is 60.2 Å². The third-order valence-electron chi connectivity index (χ3n) is 3.61. The summed E-state index contributed by atoms with van der Waals surface area (Å²) in [5.41, 5.74) is 9.30. The highest BCUT2D eigenvalue weighted by Gasteiger charge is 2.13. The van der Waals surface area contributed by atoms with Crippen molar-refractivity contribution in [3.8, 4) is 0 Å². The first kappa shape index (κ1) is 15.7. The number of hydrogen-bond acceptors (Lipinski definition) is 3. The van der Waals surface area contributed by atoms with E-state index < -0.39 is 9.84 Å². The van der Waals surface area contributed by atoms with Crippen LogP contribution in [-0.4, -0.2) is 14.7 Å². The van der Waals surface area contributed by atoms with Gasteiger partial charge in [-0.05, 0) is 34.7 Å². The van der Waals surface area contributed by atoms with E-state index in [4.69, 9.17) is 5.73 Å². The van der Waals surface area contributed by atoms with Gasteiger partial charge in [0.15, 0.2) is 9.84 Å². The number of nitrogens with two attached hydrogens (primary N) is 1. The van der Waals surface area contributed by atoms with Gasteiger partial charge in [0.1, 0.15) is 0 Å². The Morgan fingerprint density at radius 1 is 0.905 bits per heavy atom. The minimum absolute atomic E-state index is 0.300. The van der Waals surface area contributed by atoms with E-state index in [1.807, 2.05) is 18.2 Å². The first-order chi connectivity index (χ1) is 9.79. The maximum atomic E-state index is 11.6. The summed E-state index contributed by atoms with van der Waals surface area (Å²) in [7, 11) is -3.21. The highest BCUT2D eigenvalue weighted by molar-refractivity contribution is 7.90. The molecule has 0 radical (unpaired) electrons. The summed E-state index contributed by atoms with van der Waals surface area (Å²) in [4.78, 5) is 0.300. The predicted octanol–water partition coefficient (Wildman–Crippen LogP) is 3.26. The van der Waals surface area contributed by atoms with Crippen molar-refractivity contribution in [1.29, 1.82) is 0 Å². The lowest BCUT2D eigenvalue weighted by atomic mass is 9.96. The Balaban J connectivity index is 2.33. The zero-order chi connectivity index (χ0) is 15.6. The molecule has 2 aromatic carbocycles. The number of rotatable bonds is 4. The Kier molecular flexibility index (Phi) is 4.49. The van der Waals surface area contributed by atoms with Gasteiger partial charge in [0, 0.05) is 6.26 Å². The summed E-state index contributed by atoms with van der Waals surface area (Å²) in [5, 5.41) is 0. The maximum absolute atomic E-state index is 11.6. The molecule has 1 atom stereocenters. The van der Waals surface area contributed by atoms with E-state index in [2.05, 4.69) is 26.0 Å². The Labute approximate surface area is 126 Å². The van der Waals surface area contributed by atoms with Gasteiger partial charge in [-0.25, -0.2) is 8.42 Å². The molecule has 3 nitrogen and oxygen atoms in total. The molecule has 21 heavy (non-hydrogen) atoms. The van der Waals surface area contributed by atoms with E-state index >= 15 is 0 Å². The zero-order valence-electron chi connectivity index (χ0n) is 12.6. The average molecular weight is 303 g/mol. The van der Waals surface area contributed by atoms with Crippen molar-refractivity contribution in [1.82, 2.24) is 0 Å². The van der Waals surface area contributed by atoms with E-state index in [0.29, 0.717) is 10.8 Å². The van der Waals surface area contributed by atoms with E-state index in [0.717, 1.165) is 11.1 Å². The Hall–Kier alpha value is -1.65. The highest BCUT2D eigenvalue weighted by Crippen LogP contribution is 2.24. The van der Waals surface area contributed by atoms with Crippen LogP contribution in [0.15, 0.2) is 53.4 Å². The molecule has 4 heteroatoms. The summed E-state index contributed by atoms with van der Waals surface area (Å²) >= 11 is 0. The molecule has 0 aliphatic heterocycles. The summed E-state index contributed by atoms with van der Waals surface area (Å²) in [5.74, 6) is 0.476. The third-order valence-corrected chi connectivity index (χ3v) is 4.72. The van der Waals surface area contributed by atoms with Gasteiger partial charge in [0.05, 0.1) is 10.9 Å². The van der Waals surface area contributed by atoms with Crippen molar-refractivity contribution in [3.05, 3.63) is 65.2 Å². The minimum atomic E-state index is -3.21. The van der Waals surface area contributed by atoms with Crippen LogP contribution in [0.4, 0.5) is 0 Å². The lowest BCUT2D eigenvalue weighted by Crippen LogP contribution is -2.12. The normalized spacial score (nSPS) is 13.4. The van der Waals surface area contributed by atoms with E-state index in [-0.39, 0.29) is 6.04 Å². The van der Waals surface area contributed by atoms with Crippen LogP contribution in [0.2, 0.25) is 0 Å². The summed E-state index contributed by atoms with van der Waals surface area (Å²) < 4.78 is 23.2. The molecule has 2 aromatic rings. The molecule has 0 fully saturated rings. The van der Waals surface area contributed by atoms with Gasteiger partial charge < -0.3 is 5.73 Å². The Morgan fingerprint density at radius 3 is 2.00 bits per heavy atom. The highest BCUT2D eigenvalue weighted by atomic mass is 32.2. The fourth-order valence-corrected chi connectivity index (χ4v) is 2.90. The molecule has 2 N–H and O–H groups in total. The van der Waals surface area contributed by atoms with Crippen LogP contribution < -0.4 is 5.73 Å². The Bertz CT molecular complexity index is 719. The van der Waals surface area contributed by atoms with Crippen molar-refractivity contribution >= 4 is 9.84 Å². The fourth-order valence-electron chi connectivity index (χ4n) is 2.22. The van der Waals surface area contributed by atoms with Crippen LogP contribution in [0.3, 0.4) is 0 Å². The molecule has 1 unspecified atom stereocenters. The van der Waals surface area contributed by atoms with E-state index in [1.165, 1.54) is 11.8 Å². The van der Waals surface area contributed by atoms with Gasteiger partial charge in [-0.2, -0.15) is 0 Å². The molecule has 112 valence electrons. The molecule has 0 aliphatic carbocycles. The number of hydrogen-bond donors (Lipinski definition) is 1. The summed E-state index contributed by atoms with van der Waals surface area (Å²) in [6.07, 6.45) is 1.20. The fraction of sp³-hybridized carbons (Fsp3) is 0.294. The lowest BCUT2D eigenvalue weighted by Gasteiger charge is -2.15. The van der Waals surface area contributed by atoms with Crippen molar-refractivity contribution in [2.24, 2.45) is 5.73 Å². The largest absolute Gasteiger partial charge is 0.320 e. The molecule has 0 aliphatic rings. The number of sulfone groups is 1. The SMILES string of the molecule is CC(C)c1ccc(C(N)c2cccc(S(C)(=O)=O)c2)cc1. The minimum Gasteiger partial charge on any atom is -0.320 e. The molecule has 0 heterocycles. The molecule has 0 spiro atoms. The first-order valence-electron chi connectivity index (χ1n) is 6.94. The van der Waals surface area contributed by atoms with Crippen molar-refractivity contribution < 1.29 is 8.42 Å². The second-order valence-electron chi connectivity index (χ2n) is 5.64. The van der Waals surface area contributed by atoms with Gasteiger partial charge in [0.25, 0.3) is 0 Å². The molecule has 0 amide bonds. The molecule has 0 saturated heterocycles. The zero-order valence-corrected chi connectivity index (χ0v) is 13.4. The van der Waals surface area contributed by atoms with E-state index in [1.54, 1.807) is 18.2 Å². The van der Waals surface area contributed by atoms with Crippen LogP contribution in [0.1, 0.15) is 42.5 Å². The average Bonchev–Trinajstić information content (AvgIpc) is 2.46. The van der Waals surface area contributed by atoms with Crippen molar-refractivity contribution in [2.75, 3.05) is 6.26 Å². The predicted molar refractivity (Wildman–Crippen MR) is 86.1 cm³/mol. The van der Waals surface area contributed by atoms with Gasteiger partial charge in [-0.1, -0.05) is 50.2 Å². The second kappa shape index (κ2) is 6.00. The second-order valence-corrected chi connectivity index (χ2v) is 7.66. The van der Waals surface area contributed by atoms with Crippen LogP contribution in [-0.2, 0) is 9.84 Å². The lowest BCUT2D eigenvalue weighted by molar-refractivity contribution is 0.601. The van der Waals surface area contributed by atoms with Gasteiger partial charge in [0.2, 0.25) is 0 Å². The van der Waals surface area contributed by atoms with Crippen LogP contribution in [0, 0.1) is 0 Å². The van der Waals surface area contributed by atoms with Gasteiger partial charge in [-0.15, -0.1) is 0 Å². The molecule has 0 aromatic heterocycles. The van der Waals surface area contributed by atoms with Gasteiger partial charge >= 0.3 is 0 Å². The van der Waals surface area contributed by atoms with Crippen LogP contribution in [0.25, 0.3) is 0 Å². The monoisotopic (exact) mass is 303 g/mol. The molecule has 0 bridgehead atoms. The van der Waals surface area contributed by atoms with Crippen LogP contribution >= 0.6 is 0 Å². The standard InChI is InChI=1S/C17H21NO2S/c1-12(2)13-7-9-14(10-8-13)17(18)15-5-4-6-16(11-15)21(3,19)20/h4-12,17H,18H2,1-3H3. The molecular formula is C17H21NO2S. The maximum Gasteiger partial charge on any atom is 0.175 e. The summed E-state index contributed by atoms with van der Waals surface area (Å²) in [6.45, 7) is 4.29.